The highest BCUT2D eigenvalue weighted by molar-refractivity contribution is 6.05. The van der Waals surface area contributed by atoms with Gasteiger partial charge in [-0.3, -0.25) is 4.90 Å². The van der Waals surface area contributed by atoms with Crippen LogP contribution in [0.15, 0.2) is 58.5 Å². The Bertz CT molecular complexity index is 1020. The number of hydrogen-bond donors (Lipinski definition) is 2. The molecule has 0 aromatic heterocycles. The predicted octanol–water partition coefficient (Wildman–Crippen LogP) is 4.53. The summed E-state index contributed by atoms with van der Waals surface area (Å²) in [6, 6.07) is 13.5. The van der Waals surface area contributed by atoms with E-state index >= 15 is 0 Å². The molecule has 170 valence electrons. The average molecular weight is 447 g/mol. The van der Waals surface area contributed by atoms with Crippen molar-refractivity contribution in [2.75, 3.05) is 11.5 Å². The fourth-order valence-corrected chi connectivity index (χ4v) is 4.11. The molecule has 2 aromatic carbocycles. The van der Waals surface area contributed by atoms with Gasteiger partial charge in [0, 0.05) is 18.2 Å². The molecule has 0 atom stereocenters. The summed E-state index contributed by atoms with van der Waals surface area (Å²) in [6.07, 6.45) is -0.222. The van der Waals surface area contributed by atoms with Crippen molar-refractivity contribution in [1.29, 1.82) is 0 Å². The van der Waals surface area contributed by atoms with Gasteiger partial charge in [0.25, 0.3) is 0 Å². The van der Waals surface area contributed by atoms with Crippen LogP contribution in [0.2, 0.25) is 0 Å². The van der Waals surface area contributed by atoms with E-state index < -0.39 is 18.4 Å². The number of alkyl halides is 3. The molecule has 0 saturated heterocycles. The second-order valence-electron chi connectivity index (χ2n) is 7.80. The molecule has 0 amide bonds. The number of para-hydroxylation sites is 1. The highest BCUT2D eigenvalue weighted by Gasteiger charge is 2.43. The third-order valence-electron chi connectivity index (χ3n) is 5.36. The summed E-state index contributed by atoms with van der Waals surface area (Å²) >= 11 is 0. The van der Waals surface area contributed by atoms with E-state index in [1.807, 2.05) is 6.07 Å². The summed E-state index contributed by atoms with van der Waals surface area (Å²) in [7, 11) is 0. The number of hydrogen-bond acceptors (Lipinski definition) is 7. The van der Waals surface area contributed by atoms with Gasteiger partial charge in [0.2, 0.25) is 11.9 Å². The average Bonchev–Trinajstić information content (AvgIpc) is 2.72. The number of rotatable bonds is 5. The second kappa shape index (κ2) is 8.60. The van der Waals surface area contributed by atoms with E-state index in [1.54, 1.807) is 35.2 Å². The van der Waals surface area contributed by atoms with Crippen LogP contribution in [-0.4, -0.2) is 30.4 Å². The van der Waals surface area contributed by atoms with Gasteiger partial charge in [-0.25, -0.2) is 4.99 Å². The molecule has 2 aliphatic rings. The lowest BCUT2D eigenvalue weighted by molar-refractivity contribution is -0.153. The lowest BCUT2D eigenvalue weighted by atomic mass is 9.87. The zero-order valence-corrected chi connectivity index (χ0v) is 17.3. The third-order valence-corrected chi connectivity index (χ3v) is 5.36. The largest absolute Gasteiger partial charge is 0.484 e. The van der Waals surface area contributed by atoms with Crippen molar-refractivity contribution in [3.63, 3.8) is 0 Å². The number of nitrogens with two attached hydrogens (primary N) is 2. The number of aliphatic imine (C=N–C) groups is 2. The fourth-order valence-electron chi connectivity index (χ4n) is 4.11. The van der Waals surface area contributed by atoms with Crippen molar-refractivity contribution >= 4 is 17.6 Å². The molecule has 1 saturated carbocycles. The van der Waals surface area contributed by atoms with E-state index in [-0.39, 0.29) is 17.7 Å². The van der Waals surface area contributed by atoms with Crippen molar-refractivity contribution in [2.45, 2.75) is 43.9 Å². The van der Waals surface area contributed by atoms with Gasteiger partial charge in [-0.1, -0.05) is 24.6 Å². The zero-order chi connectivity index (χ0) is 22.8. The zero-order valence-electron chi connectivity index (χ0n) is 17.3. The van der Waals surface area contributed by atoms with Crippen molar-refractivity contribution in [3.8, 4) is 17.2 Å². The van der Waals surface area contributed by atoms with E-state index in [9.17, 15) is 13.2 Å². The molecule has 2 aromatic rings. The summed E-state index contributed by atoms with van der Waals surface area (Å²) in [5, 5.41) is 0. The molecular weight excluding hydrogens is 423 g/mol. The Morgan fingerprint density at radius 3 is 2.31 bits per heavy atom. The van der Waals surface area contributed by atoms with Gasteiger partial charge >= 0.3 is 6.18 Å². The molecule has 0 bridgehead atoms. The van der Waals surface area contributed by atoms with Crippen molar-refractivity contribution in [3.05, 3.63) is 48.5 Å². The maximum Gasteiger partial charge on any atom is 0.422 e. The van der Waals surface area contributed by atoms with Gasteiger partial charge in [-0.05, 0) is 37.8 Å². The summed E-state index contributed by atoms with van der Waals surface area (Å²) < 4.78 is 49.3. The Kier molecular flexibility index (Phi) is 5.86. The maximum atomic E-state index is 12.8. The normalized spacial score (nSPS) is 18.2. The molecule has 1 aliphatic heterocycles. The fraction of sp³-hybridized carbons (Fsp3) is 0.364. The highest BCUT2D eigenvalue weighted by Crippen LogP contribution is 2.42. The summed E-state index contributed by atoms with van der Waals surface area (Å²) in [5.41, 5.74) is 11.9. The molecular formula is C22H24F3N5O2. The summed E-state index contributed by atoms with van der Waals surface area (Å²) in [4.78, 5) is 10.4. The second-order valence-corrected chi connectivity index (χ2v) is 7.80. The Morgan fingerprint density at radius 1 is 0.938 bits per heavy atom. The maximum absolute atomic E-state index is 12.8. The molecule has 1 aliphatic carbocycles. The van der Waals surface area contributed by atoms with Crippen molar-refractivity contribution in [1.82, 2.24) is 0 Å². The van der Waals surface area contributed by atoms with Crippen LogP contribution >= 0.6 is 0 Å². The topological polar surface area (TPSA) is 98.5 Å². The van der Waals surface area contributed by atoms with Crippen LogP contribution in [0.4, 0.5) is 18.9 Å². The van der Waals surface area contributed by atoms with Gasteiger partial charge in [0.15, 0.2) is 6.61 Å². The first kappa shape index (κ1) is 21.8. The Hall–Kier alpha value is -3.43. The molecule has 4 rings (SSSR count). The molecule has 4 N–H and O–H groups in total. The number of benzene rings is 2. The lowest BCUT2D eigenvalue weighted by Gasteiger charge is -2.45. The number of guanidine groups is 2. The van der Waals surface area contributed by atoms with Gasteiger partial charge in [-0.2, -0.15) is 18.2 Å². The molecule has 1 fully saturated rings. The summed E-state index contributed by atoms with van der Waals surface area (Å²) in [5.74, 6) is 1.03. The first-order valence-corrected chi connectivity index (χ1v) is 10.3. The van der Waals surface area contributed by atoms with Gasteiger partial charge in [-0.15, -0.1) is 0 Å². The van der Waals surface area contributed by atoms with Crippen LogP contribution in [-0.2, 0) is 0 Å². The van der Waals surface area contributed by atoms with E-state index in [1.165, 1.54) is 12.1 Å². The van der Waals surface area contributed by atoms with Crippen molar-refractivity contribution < 1.29 is 22.6 Å². The molecule has 0 radical (unpaired) electrons. The van der Waals surface area contributed by atoms with Gasteiger partial charge in [0.1, 0.15) is 22.9 Å². The predicted molar refractivity (Wildman–Crippen MR) is 116 cm³/mol. The van der Waals surface area contributed by atoms with E-state index in [0.29, 0.717) is 30.0 Å². The quantitative estimate of drug-likeness (QED) is 0.702. The van der Waals surface area contributed by atoms with E-state index in [2.05, 4.69) is 9.98 Å². The molecule has 32 heavy (non-hydrogen) atoms. The Morgan fingerprint density at radius 2 is 1.62 bits per heavy atom. The van der Waals surface area contributed by atoms with Crippen LogP contribution in [0.25, 0.3) is 0 Å². The standard InChI is InChI=1S/C22H24F3N5O2/c23-22(24,25)14-31-17-11-15(12-18(13-17)32-16-7-3-1-4-8-16)30-20(27)28-19(26)29-21(30)9-5-2-6-10-21/h1,3-4,7-8,11-13H,2,5-6,9-10,14H2,(H4,26,27,28,29). The Balaban J connectivity index is 1.75. The van der Waals surface area contributed by atoms with Crippen LogP contribution in [0, 0.1) is 0 Å². The molecule has 7 nitrogen and oxygen atoms in total. The van der Waals surface area contributed by atoms with Crippen LogP contribution < -0.4 is 25.8 Å². The molecule has 10 heteroatoms. The highest BCUT2D eigenvalue weighted by atomic mass is 19.4. The van der Waals surface area contributed by atoms with Gasteiger partial charge < -0.3 is 20.9 Å². The Labute approximate surface area is 183 Å². The molecule has 1 spiro atoms. The first-order chi connectivity index (χ1) is 15.2. The van der Waals surface area contributed by atoms with Crippen LogP contribution in [0.1, 0.15) is 32.1 Å². The number of nitrogens with zero attached hydrogens (tertiary/aromatic N) is 3. The minimum absolute atomic E-state index is 0.00737. The summed E-state index contributed by atoms with van der Waals surface area (Å²) in [6.45, 7) is -1.43. The smallest absolute Gasteiger partial charge is 0.422 e. The van der Waals surface area contributed by atoms with E-state index in [4.69, 9.17) is 20.9 Å². The minimum atomic E-state index is -4.48. The SMILES string of the molecule is NC1=NC2(CCCCC2)N(c2cc(OCC(F)(F)F)cc(Oc3ccccc3)c2)C(N)=N1. The molecule has 1 heterocycles. The number of anilines is 1. The third kappa shape index (κ3) is 4.90. The lowest BCUT2D eigenvalue weighted by Crippen LogP contribution is -2.58. The monoisotopic (exact) mass is 447 g/mol. The van der Waals surface area contributed by atoms with E-state index in [0.717, 1.165) is 19.3 Å². The molecule has 0 unspecified atom stereocenters. The van der Waals surface area contributed by atoms with Crippen molar-refractivity contribution in [2.24, 2.45) is 21.5 Å². The van der Waals surface area contributed by atoms with Gasteiger partial charge in [0.05, 0.1) is 5.69 Å². The van der Waals surface area contributed by atoms with Crippen LogP contribution in [0.3, 0.4) is 0 Å². The van der Waals surface area contributed by atoms with Crippen LogP contribution in [0.5, 0.6) is 17.2 Å². The first-order valence-electron chi connectivity index (χ1n) is 10.3. The number of ether oxygens (including phenoxy) is 2. The number of halogens is 3. The minimum Gasteiger partial charge on any atom is -0.484 e.